The molecule has 1 aliphatic carbocycles. The van der Waals surface area contributed by atoms with Gasteiger partial charge in [0.05, 0.1) is 0 Å². The van der Waals surface area contributed by atoms with E-state index in [9.17, 15) is 0 Å². The molecule has 2 rings (SSSR count). The van der Waals surface area contributed by atoms with Crippen LogP contribution in [-0.2, 0) is 0 Å². The molecule has 1 heterocycles. The average molecular weight is 196 g/mol. The summed E-state index contributed by atoms with van der Waals surface area (Å²) < 4.78 is 0. The second kappa shape index (κ2) is 4.63. The van der Waals surface area contributed by atoms with Gasteiger partial charge in [-0.3, -0.25) is 0 Å². The van der Waals surface area contributed by atoms with Gasteiger partial charge < -0.3 is 10.6 Å². The first-order chi connectivity index (χ1) is 6.81. The number of hydrogen-bond donors (Lipinski definition) is 1. The van der Waals surface area contributed by atoms with Crippen LogP contribution in [0.5, 0.6) is 0 Å². The summed E-state index contributed by atoms with van der Waals surface area (Å²) in [6.07, 6.45) is 7.00. The highest BCUT2D eigenvalue weighted by molar-refractivity contribution is 4.85. The van der Waals surface area contributed by atoms with Crippen molar-refractivity contribution in [1.82, 2.24) is 4.90 Å². The summed E-state index contributed by atoms with van der Waals surface area (Å²) in [4.78, 5) is 2.73. The van der Waals surface area contributed by atoms with Crippen LogP contribution in [0.1, 0.15) is 39.0 Å². The van der Waals surface area contributed by atoms with Gasteiger partial charge in [-0.2, -0.15) is 0 Å². The first-order valence-electron chi connectivity index (χ1n) is 6.25. The smallest absolute Gasteiger partial charge is 0.0121 e. The monoisotopic (exact) mass is 196 g/mol. The SMILES string of the molecule is CC1CCCC1N1CCC(CN)CC1. The molecule has 1 aliphatic heterocycles. The van der Waals surface area contributed by atoms with E-state index >= 15 is 0 Å². The maximum Gasteiger partial charge on any atom is 0.0121 e. The minimum Gasteiger partial charge on any atom is -0.330 e. The fourth-order valence-corrected chi connectivity index (χ4v) is 3.19. The van der Waals surface area contributed by atoms with Crippen molar-refractivity contribution in [2.24, 2.45) is 17.6 Å². The van der Waals surface area contributed by atoms with E-state index in [-0.39, 0.29) is 0 Å². The molecule has 2 fully saturated rings. The van der Waals surface area contributed by atoms with Crippen molar-refractivity contribution in [3.8, 4) is 0 Å². The molecule has 0 amide bonds. The number of nitrogens with zero attached hydrogens (tertiary/aromatic N) is 1. The van der Waals surface area contributed by atoms with E-state index in [0.717, 1.165) is 24.4 Å². The van der Waals surface area contributed by atoms with Gasteiger partial charge in [0.2, 0.25) is 0 Å². The second-order valence-corrected chi connectivity index (χ2v) is 5.19. The predicted molar refractivity (Wildman–Crippen MR) is 60.2 cm³/mol. The molecular weight excluding hydrogens is 172 g/mol. The number of nitrogens with two attached hydrogens (primary N) is 1. The highest BCUT2D eigenvalue weighted by Gasteiger charge is 2.31. The Morgan fingerprint density at radius 1 is 1.14 bits per heavy atom. The van der Waals surface area contributed by atoms with E-state index in [2.05, 4.69) is 11.8 Å². The third kappa shape index (κ3) is 2.12. The molecule has 0 aromatic rings. The van der Waals surface area contributed by atoms with Gasteiger partial charge >= 0.3 is 0 Å². The lowest BCUT2D eigenvalue weighted by molar-refractivity contribution is 0.114. The van der Waals surface area contributed by atoms with E-state index in [1.165, 1.54) is 45.2 Å². The number of hydrogen-bond acceptors (Lipinski definition) is 2. The Morgan fingerprint density at radius 2 is 1.86 bits per heavy atom. The van der Waals surface area contributed by atoms with Crippen LogP contribution >= 0.6 is 0 Å². The van der Waals surface area contributed by atoms with Crippen LogP contribution in [0.2, 0.25) is 0 Å². The zero-order chi connectivity index (χ0) is 9.97. The molecule has 0 aromatic heterocycles. The summed E-state index contributed by atoms with van der Waals surface area (Å²) in [5, 5.41) is 0. The molecule has 0 aromatic carbocycles. The Morgan fingerprint density at radius 3 is 2.36 bits per heavy atom. The molecule has 2 unspecified atom stereocenters. The lowest BCUT2D eigenvalue weighted by Gasteiger charge is -2.37. The van der Waals surface area contributed by atoms with E-state index in [0.29, 0.717) is 0 Å². The van der Waals surface area contributed by atoms with Gasteiger partial charge in [0.15, 0.2) is 0 Å². The van der Waals surface area contributed by atoms with Gasteiger partial charge in [-0.15, -0.1) is 0 Å². The van der Waals surface area contributed by atoms with Crippen LogP contribution in [0.25, 0.3) is 0 Å². The van der Waals surface area contributed by atoms with Gasteiger partial charge in [-0.25, -0.2) is 0 Å². The Kier molecular flexibility index (Phi) is 3.45. The summed E-state index contributed by atoms with van der Waals surface area (Å²) in [6, 6.07) is 0.897. The Hall–Kier alpha value is -0.0800. The van der Waals surface area contributed by atoms with E-state index in [1.807, 2.05) is 0 Å². The number of likely N-dealkylation sites (tertiary alicyclic amines) is 1. The third-order valence-electron chi connectivity index (χ3n) is 4.27. The Balaban J connectivity index is 1.82. The molecule has 2 heteroatoms. The van der Waals surface area contributed by atoms with Crippen molar-refractivity contribution < 1.29 is 0 Å². The van der Waals surface area contributed by atoms with Crippen molar-refractivity contribution in [1.29, 1.82) is 0 Å². The van der Waals surface area contributed by atoms with Gasteiger partial charge in [-0.1, -0.05) is 13.3 Å². The summed E-state index contributed by atoms with van der Waals surface area (Å²) in [6.45, 7) is 5.93. The zero-order valence-electron chi connectivity index (χ0n) is 9.41. The van der Waals surface area contributed by atoms with Crippen LogP contribution in [-0.4, -0.2) is 30.6 Å². The van der Waals surface area contributed by atoms with Crippen LogP contribution in [0.4, 0.5) is 0 Å². The standard InChI is InChI=1S/C12H24N2/c1-10-3-2-4-12(10)14-7-5-11(9-13)6-8-14/h10-12H,2-9,13H2,1H3. The first-order valence-corrected chi connectivity index (χ1v) is 6.25. The number of piperidine rings is 1. The van der Waals surface area contributed by atoms with Crippen molar-refractivity contribution in [2.75, 3.05) is 19.6 Å². The molecule has 0 bridgehead atoms. The minimum atomic E-state index is 0.808. The first kappa shape index (κ1) is 10.4. The minimum absolute atomic E-state index is 0.808. The predicted octanol–water partition coefficient (Wildman–Crippen LogP) is 1.85. The van der Waals surface area contributed by atoms with Gasteiger partial charge in [0, 0.05) is 6.04 Å². The van der Waals surface area contributed by atoms with E-state index in [1.54, 1.807) is 0 Å². The maximum atomic E-state index is 5.71. The summed E-state index contributed by atoms with van der Waals surface area (Å²) in [5.41, 5.74) is 5.71. The highest BCUT2D eigenvalue weighted by atomic mass is 15.2. The van der Waals surface area contributed by atoms with Gasteiger partial charge in [0.1, 0.15) is 0 Å². The summed E-state index contributed by atoms with van der Waals surface area (Å²) in [5.74, 6) is 1.74. The molecule has 1 saturated heterocycles. The van der Waals surface area contributed by atoms with Crippen LogP contribution in [0.3, 0.4) is 0 Å². The van der Waals surface area contributed by atoms with Gasteiger partial charge in [0.25, 0.3) is 0 Å². The highest BCUT2D eigenvalue weighted by Crippen LogP contribution is 2.31. The summed E-state index contributed by atoms with van der Waals surface area (Å²) in [7, 11) is 0. The molecule has 0 spiro atoms. The van der Waals surface area contributed by atoms with Crippen LogP contribution in [0.15, 0.2) is 0 Å². The molecule has 14 heavy (non-hydrogen) atoms. The van der Waals surface area contributed by atoms with Crippen LogP contribution < -0.4 is 5.73 Å². The van der Waals surface area contributed by atoms with E-state index in [4.69, 9.17) is 5.73 Å². The molecular formula is C12H24N2. The quantitative estimate of drug-likeness (QED) is 0.730. The average Bonchev–Trinajstić information content (AvgIpc) is 2.65. The zero-order valence-corrected chi connectivity index (χ0v) is 9.41. The fourth-order valence-electron chi connectivity index (χ4n) is 3.19. The van der Waals surface area contributed by atoms with Crippen molar-refractivity contribution in [2.45, 2.75) is 45.1 Å². The van der Waals surface area contributed by atoms with E-state index < -0.39 is 0 Å². The lowest BCUT2D eigenvalue weighted by atomic mass is 9.94. The Bertz CT molecular complexity index is 173. The molecule has 2 N–H and O–H groups in total. The second-order valence-electron chi connectivity index (χ2n) is 5.19. The number of rotatable bonds is 2. The van der Waals surface area contributed by atoms with Crippen molar-refractivity contribution in [3.63, 3.8) is 0 Å². The molecule has 82 valence electrons. The Labute approximate surface area is 87.8 Å². The largest absolute Gasteiger partial charge is 0.330 e. The molecule has 2 aliphatic rings. The lowest BCUT2D eigenvalue weighted by Crippen LogP contribution is -2.43. The van der Waals surface area contributed by atoms with Gasteiger partial charge in [-0.05, 0) is 57.2 Å². The molecule has 2 nitrogen and oxygen atoms in total. The molecule has 1 saturated carbocycles. The molecule has 0 radical (unpaired) electrons. The summed E-state index contributed by atoms with van der Waals surface area (Å²) >= 11 is 0. The van der Waals surface area contributed by atoms with Crippen LogP contribution in [0, 0.1) is 11.8 Å². The third-order valence-corrected chi connectivity index (χ3v) is 4.27. The van der Waals surface area contributed by atoms with Crippen molar-refractivity contribution >= 4 is 0 Å². The maximum absolute atomic E-state index is 5.71. The normalized spacial score (nSPS) is 36.4. The topological polar surface area (TPSA) is 29.3 Å². The fraction of sp³-hybridized carbons (Fsp3) is 1.00. The van der Waals surface area contributed by atoms with Crippen molar-refractivity contribution in [3.05, 3.63) is 0 Å². The molecule has 2 atom stereocenters.